The Morgan fingerprint density at radius 2 is 1.86 bits per heavy atom. The van der Waals surface area contributed by atoms with E-state index in [4.69, 9.17) is 0 Å². The van der Waals surface area contributed by atoms with Crippen LogP contribution in [0.2, 0.25) is 0 Å². The molecule has 0 saturated carbocycles. The van der Waals surface area contributed by atoms with Gasteiger partial charge in [-0.05, 0) is 23.3 Å². The van der Waals surface area contributed by atoms with Gasteiger partial charge < -0.3 is 5.32 Å². The Morgan fingerprint density at radius 3 is 2.68 bits per heavy atom. The van der Waals surface area contributed by atoms with Gasteiger partial charge in [0.15, 0.2) is 0 Å². The second-order valence-corrected chi connectivity index (χ2v) is 6.38. The Bertz CT molecular complexity index is 1100. The molecule has 138 valence electrons. The lowest BCUT2D eigenvalue weighted by Crippen LogP contribution is -2.20. The lowest BCUT2D eigenvalue weighted by atomic mass is 10.1. The minimum absolute atomic E-state index is 0.139. The third-order valence-corrected chi connectivity index (χ3v) is 4.38. The van der Waals surface area contributed by atoms with Crippen LogP contribution in [0.25, 0.3) is 17.0 Å². The molecule has 0 radical (unpaired) electrons. The highest BCUT2D eigenvalue weighted by molar-refractivity contribution is 5.95. The predicted octanol–water partition coefficient (Wildman–Crippen LogP) is 3.20. The van der Waals surface area contributed by atoms with Crippen LogP contribution in [0.4, 0.5) is 0 Å². The molecule has 28 heavy (non-hydrogen) atoms. The minimum atomic E-state index is -0.139. The maximum Gasteiger partial charge on any atom is 0.244 e. The molecule has 4 aromatic rings. The normalized spacial score (nSPS) is 11.1. The Labute approximate surface area is 162 Å². The smallest absolute Gasteiger partial charge is 0.244 e. The fraction of sp³-hybridized carbons (Fsp3) is 0.0909. The van der Waals surface area contributed by atoms with Crippen molar-refractivity contribution in [3.8, 4) is 0 Å². The average molecular weight is 369 g/mol. The Morgan fingerprint density at radius 1 is 1.04 bits per heavy atom. The summed E-state index contributed by atoms with van der Waals surface area (Å²) in [6, 6.07) is 17.9. The SMILES string of the molecule is O=C(/C=C/c1cccc2cccnc12)NCc1ccc(Cn2cncn2)cc1. The van der Waals surface area contributed by atoms with Gasteiger partial charge in [-0.25, -0.2) is 9.67 Å². The number of carbonyl (C=O) groups excluding carboxylic acids is 1. The number of benzene rings is 2. The Kier molecular flexibility index (Phi) is 5.20. The number of nitrogens with one attached hydrogen (secondary N) is 1. The van der Waals surface area contributed by atoms with Crippen LogP contribution in [-0.4, -0.2) is 25.7 Å². The van der Waals surface area contributed by atoms with E-state index < -0.39 is 0 Å². The van der Waals surface area contributed by atoms with Gasteiger partial charge in [0.2, 0.25) is 5.91 Å². The van der Waals surface area contributed by atoms with Gasteiger partial charge in [0.05, 0.1) is 12.1 Å². The molecule has 2 heterocycles. The topological polar surface area (TPSA) is 72.7 Å². The standard InChI is InChI=1S/C22H19N5O/c28-21(11-10-20-4-1-3-19-5-2-12-24-22(19)20)25-13-17-6-8-18(9-7-17)14-27-16-23-15-26-27/h1-12,15-16H,13-14H2,(H,25,28)/b11-10+. The number of carbonyl (C=O) groups is 1. The second-order valence-electron chi connectivity index (χ2n) is 6.38. The molecule has 0 atom stereocenters. The molecule has 1 N–H and O–H groups in total. The van der Waals surface area contributed by atoms with Crippen molar-refractivity contribution in [3.63, 3.8) is 0 Å². The first-order valence-electron chi connectivity index (χ1n) is 8.98. The summed E-state index contributed by atoms with van der Waals surface area (Å²) in [5.41, 5.74) is 3.97. The quantitative estimate of drug-likeness (QED) is 0.530. The first-order chi connectivity index (χ1) is 13.8. The number of aromatic nitrogens is 4. The maximum absolute atomic E-state index is 12.2. The van der Waals surface area contributed by atoms with Crippen molar-refractivity contribution in [1.29, 1.82) is 0 Å². The van der Waals surface area contributed by atoms with Gasteiger partial charge in [0, 0.05) is 29.8 Å². The number of fused-ring (bicyclic) bond motifs is 1. The number of para-hydroxylation sites is 1. The van der Waals surface area contributed by atoms with Crippen LogP contribution >= 0.6 is 0 Å². The van der Waals surface area contributed by atoms with E-state index in [1.807, 2.05) is 54.6 Å². The fourth-order valence-corrected chi connectivity index (χ4v) is 2.94. The zero-order valence-electron chi connectivity index (χ0n) is 15.2. The van der Waals surface area contributed by atoms with Crippen LogP contribution < -0.4 is 5.32 Å². The number of hydrogen-bond donors (Lipinski definition) is 1. The second kappa shape index (κ2) is 8.26. The minimum Gasteiger partial charge on any atom is -0.348 e. The Balaban J connectivity index is 1.34. The summed E-state index contributed by atoms with van der Waals surface area (Å²) in [6.07, 6.45) is 8.30. The van der Waals surface area contributed by atoms with E-state index >= 15 is 0 Å². The summed E-state index contributed by atoms with van der Waals surface area (Å²) in [7, 11) is 0. The van der Waals surface area contributed by atoms with Crippen molar-refractivity contribution in [3.05, 3.63) is 96.2 Å². The van der Waals surface area contributed by atoms with Crippen molar-refractivity contribution >= 4 is 22.9 Å². The molecule has 2 aromatic carbocycles. The highest BCUT2D eigenvalue weighted by Crippen LogP contribution is 2.17. The van der Waals surface area contributed by atoms with Crippen LogP contribution in [0, 0.1) is 0 Å². The van der Waals surface area contributed by atoms with E-state index in [-0.39, 0.29) is 5.91 Å². The van der Waals surface area contributed by atoms with Gasteiger partial charge in [-0.3, -0.25) is 9.78 Å². The molecule has 0 fully saturated rings. The lowest BCUT2D eigenvalue weighted by molar-refractivity contribution is -0.116. The first-order valence-corrected chi connectivity index (χ1v) is 8.98. The van der Waals surface area contributed by atoms with E-state index in [1.165, 1.54) is 6.33 Å². The molecule has 0 bridgehead atoms. The van der Waals surface area contributed by atoms with E-state index in [0.717, 1.165) is 27.6 Å². The fourth-order valence-electron chi connectivity index (χ4n) is 2.94. The van der Waals surface area contributed by atoms with Crippen LogP contribution in [0.15, 0.2) is 79.5 Å². The molecule has 6 nitrogen and oxygen atoms in total. The number of nitrogens with zero attached hydrogens (tertiary/aromatic N) is 4. The summed E-state index contributed by atoms with van der Waals surface area (Å²) in [4.78, 5) is 20.5. The molecule has 0 saturated heterocycles. The van der Waals surface area contributed by atoms with Crippen molar-refractivity contribution in [2.75, 3.05) is 0 Å². The zero-order valence-corrected chi connectivity index (χ0v) is 15.2. The van der Waals surface area contributed by atoms with Crippen LogP contribution in [0.1, 0.15) is 16.7 Å². The largest absolute Gasteiger partial charge is 0.348 e. The average Bonchev–Trinajstić information content (AvgIpc) is 3.25. The third kappa shape index (κ3) is 4.29. The van der Waals surface area contributed by atoms with Gasteiger partial charge >= 0.3 is 0 Å². The van der Waals surface area contributed by atoms with Gasteiger partial charge in [-0.2, -0.15) is 5.10 Å². The van der Waals surface area contributed by atoms with E-state index in [0.29, 0.717) is 13.1 Å². The monoisotopic (exact) mass is 369 g/mol. The van der Waals surface area contributed by atoms with Crippen molar-refractivity contribution < 1.29 is 4.79 Å². The van der Waals surface area contributed by atoms with E-state index in [1.54, 1.807) is 29.4 Å². The number of amides is 1. The summed E-state index contributed by atoms with van der Waals surface area (Å²) >= 11 is 0. The van der Waals surface area contributed by atoms with Gasteiger partial charge in [0.1, 0.15) is 12.7 Å². The first kappa shape index (κ1) is 17.6. The summed E-state index contributed by atoms with van der Waals surface area (Å²) < 4.78 is 1.77. The van der Waals surface area contributed by atoms with Crippen LogP contribution in [0.3, 0.4) is 0 Å². The van der Waals surface area contributed by atoms with Crippen molar-refractivity contribution in [2.45, 2.75) is 13.1 Å². The van der Waals surface area contributed by atoms with Crippen molar-refractivity contribution in [1.82, 2.24) is 25.1 Å². The molecule has 0 spiro atoms. The summed E-state index contributed by atoms with van der Waals surface area (Å²) in [5.74, 6) is -0.139. The molecular formula is C22H19N5O. The zero-order chi connectivity index (χ0) is 19.2. The number of rotatable bonds is 6. The highest BCUT2D eigenvalue weighted by atomic mass is 16.1. The van der Waals surface area contributed by atoms with E-state index in [2.05, 4.69) is 20.4 Å². The van der Waals surface area contributed by atoms with Crippen LogP contribution in [0.5, 0.6) is 0 Å². The molecule has 2 aromatic heterocycles. The lowest BCUT2D eigenvalue weighted by Gasteiger charge is -2.05. The van der Waals surface area contributed by atoms with Gasteiger partial charge in [-0.15, -0.1) is 0 Å². The molecule has 0 unspecified atom stereocenters. The molecule has 6 heteroatoms. The molecule has 0 aliphatic heterocycles. The molecule has 0 aliphatic rings. The molecule has 0 aliphatic carbocycles. The molecule has 1 amide bonds. The van der Waals surface area contributed by atoms with Gasteiger partial charge in [-0.1, -0.05) is 48.5 Å². The summed E-state index contributed by atoms with van der Waals surface area (Å²) in [5, 5.41) is 8.05. The van der Waals surface area contributed by atoms with Crippen molar-refractivity contribution in [2.24, 2.45) is 0 Å². The third-order valence-electron chi connectivity index (χ3n) is 4.38. The summed E-state index contributed by atoms with van der Waals surface area (Å²) in [6.45, 7) is 1.15. The maximum atomic E-state index is 12.2. The van der Waals surface area contributed by atoms with Gasteiger partial charge in [0.25, 0.3) is 0 Å². The molecular weight excluding hydrogens is 350 g/mol. The van der Waals surface area contributed by atoms with Crippen LogP contribution in [-0.2, 0) is 17.9 Å². The van der Waals surface area contributed by atoms with E-state index in [9.17, 15) is 4.79 Å². The number of hydrogen-bond acceptors (Lipinski definition) is 4. The highest BCUT2D eigenvalue weighted by Gasteiger charge is 2.01. The predicted molar refractivity (Wildman–Crippen MR) is 108 cm³/mol. The number of pyridine rings is 1. The molecule has 4 rings (SSSR count). The Hall–Kier alpha value is -3.80.